The summed E-state index contributed by atoms with van der Waals surface area (Å²) in [5, 5.41) is 13.5. The van der Waals surface area contributed by atoms with Gasteiger partial charge in [-0.25, -0.2) is 4.39 Å². The normalized spacial score (nSPS) is 26.1. The molecule has 0 saturated carbocycles. The Balaban J connectivity index is 1.18. The number of likely N-dealkylation sites (N-methyl/N-ethyl adjacent to an activating group) is 1. The number of hydrogen-bond donors (Lipinski definition) is 1. The van der Waals surface area contributed by atoms with E-state index in [1.54, 1.807) is 4.90 Å². The van der Waals surface area contributed by atoms with Gasteiger partial charge in [-0.15, -0.1) is 11.8 Å². The monoisotopic (exact) mass is 460 g/mol. The Kier molecular flexibility index (Phi) is 7.73. The van der Waals surface area contributed by atoms with E-state index in [2.05, 4.69) is 15.0 Å². The topological polar surface area (TPSA) is 59.4 Å². The minimum Gasteiger partial charge on any atom is -0.411 e. The third-order valence-electron chi connectivity index (χ3n) is 6.82. The maximum Gasteiger partial charge on any atom is 0.246 e. The molecule has 0 aliphatic carbocycles. The molecule has 2 fully saturated rings. The zero-order valence-corrected chi connectivity index (χ0v) is 19.5. The minimum atomic E-state index is -0.271. The molecule has 1 aromatic carbocycles. The summed E-state index contributed by atoms with van der Waals surface area (Å²) in [4.78, 5) is 20.4. The third-order valence-corrected chi connectivity index (χ3v) is 8.17. The minimum absolute atomic E-state index is 0.111. The summed E-state index contributed by atoms with van der Waals surface area (Å²) < 4.78 is 13.1. The lowest BCUT2D eigenvalue weighted by Gasteiger charge is -2.32. The van der Waals surface area contributed by atoms with Crippen molar-refractivity contribution in [3.05, 3.63) is 42.4 Å². The summed E-state index contributed by atoms with van der Waals surface area (Å²) in [6.45, 7) is 4.73. The van der Waals surface area contributed by atoms with Crippen LogP contribution in [0.25, 0.3) is 0 Å². The average molecular weight is 461 g/mol. The highest BCUT2D eigenvalue weighted by Crippen LogP contribution is 2.31. The van der Waals surface area contributed by atoms with Crippen molar-refractivity contribution in [2.75, 3.05) is 39.8 Å². The molecule has 2 saturated heterocycles. The van der Waals surface area contributed by atoms with Crippen LogP contribution in [-0.2, 0) is 4.79 Å². The predicted octanol–water partition coefficient (Wildman–Crippen LogP) is 3.67. The first kappa shape index (κ1) is 23.1. The number of oxime groups is 1. The number of carbonyl (C=O) groups excluding carboxylic acids is 1. The van der Waals surface area contributed by atoms with Gasteiger partial charge in [0.25, 0.3) is 0 Å². The van der Waals surface area contributed by atoms with E-state index >= 15 is 0 Å². The molecular formula is C24H33FN4O2S. The third kappa shape index (κ3) is 5.46. The lowest BCUT2D eigenvalue weighted by molar-refractivity contribution is -0.134. The molecule has 1 amide bonds. The van der Waals surface area contributed by atoms with Gasteiger partial charge in [-0.3, -0.25) is 4.79 Å². The van der Waals surface area contributed by atoms with Crippen molar-refractivity contribution in [1.29, 1.82) is 0 Å². The molecule has 0 radical (unpaired) electrons. The number of unbranched alkanes of at least 4 members (excludes halogenated alkanes) is 1. The highest BCUT2D eigenvalue weighted by molar-refractivity contribution is 8.00. The van der Waals surface area contributed by atoms with Crippen LogP contribution in [0.2, 0.25) is 0 Å². The molecular weight excluding hydrogens is 427 g/mol. The van der Waals surface area contributed by atoms with Gasteiger partial charge in [0.15, 0.2) is 0 Å². The number of hydrogen-bond acceptors (Lipinski definition) is 6. The summed E-state index contributed by atoms with van der Waals surface area (Å²) >= 11 is 1.86. The van der Waals surface area contributed by atoms with Crippen molar-refractivity contribution in [3.63, 3.8) is 0 Å². The number of halogens is 1. The first-order valence-corrected chi connectivity index (χ1v) is 12.5. The van der Waals surface area contributed by atoms with Crippen molar-refractivity contribution in [3.8, 4) is 0 Å². The van der Waals surface area contributed by atoms with Crippen molar-refractivity contribution in [2.45, 2.75) is 48.3 Å². The van der Waals surface area contributed by atoms with Gasteiger partial charge in [-0.1, -0.05) is 11.2 Å². The van der Waals surface area contributed by atoms with E-state index < -0.39 is 0 Å². The molecule has 1 N–H and O–H groups in total. The zero-order chi connectivity index (χ0) is 22.5. The van der Waals surface area contributed by atoms with Crippen LogP contribution in [0.4, 0.5) is 4.39 Å². The number of likely N-dealkylation sites (tertiary alicyclic amines) is 2. The number of nitrogens with zero attached hydrogens (tertiary/aromatic N) is 4. The Morgan fingerprint density at radius 3 is 2.56 bits per heavy atom. The molecule has 3 aliphatic rings. The van der Waals surface area contributed by atoms with Crippen molar-refractivity contribution in [1.82, 2.24) is 14.7 Å². The fourth-order valence-electron chi connectivity index (χ4n) is 4.90. The zero-order valence-electron chi connectivity index (χ0n) is 18.7. The Morgan fingerprint density at radius 1 is 1.12 bits per heavy atom. The molecule has 0 bridgehead atoms. The average Bonchev–Trinajstić information content (AvgIpc) is 3.17. The second-order valence-electron chi connectivity index (χ2n) is 8.97. The number of carbonyl (C=O) groups is 1. The summed E-state index contributed by atoms with van der Waals surface area (Å²) in [6, 6.07) is 6.54. The van der Waals surface area contributed by atoms with Crippen molar-refractivity contribution >= 4 is 23.4 Å². The van der Waals surface area contributed by atoms with Gasteiger partial charge in [0, 0.05) is 42.6 Å². The molecule has 2 atom stereocenters. The highest BCUT2D eigenvalue weighted by Gasteiger charge is 2.41. The van der Waals surface area contributed by atoms with Crippen LogP contribution in [-0.4, -0.2) is 82.6 Å². The van der Waals surface area contributed by atoms with Crippen molar-refractivity contribution in [2.24, 2.45) is 11.1 Å². The lowest BCUT2D eigenvalue weighted by atomic mass is 9.95. The molecule has 4 rings (SSSR count). The standard InChI is InChI=1S/C24H33FN4O2S/c1-27-14-11-22(26-31)21-10-17-29(23(21)24(27)30)13-3-2-12-28-15-8-20(9-16-28)32-19-6-4-18(25)5-7-19/h4-7,10,17,20-21,23,31H,2-3,8-9,11-16H2,1H3/b26-22-. The molecule has 3 heterocycles. The van der Waals surface area contributed by atoms with Crippen LogP contribution in [0.3, 0.4) is 0 Å². The van der Waals surface area contributed by atoms with Gasteiger partial charge in [0.05, 0.1) is 5.71 Å². The van der Waals surface area contributed by atoms with Gasteiger partial charge in [0.1, 0.15) is 11.9 Å². The maximum atomic E-state index is 13.1. The molecule has 3 aliphatic heterocycles. The van der Waals surface area contributed by atoms with Gasteiger partial charge >= 0.3 is 0 Å². The summed E-state index contributed by atoms with van der Waals surface area (Å²) in [5.74, 6) is -0.184. The van der Waals surface area contributed by atoms with Crippen LogP contribution >= 0.6 is 11.8 Å². The van der Waals surface area contributed by atoms with E-state index in [4.69, 9.17) is 0 Å². The lowest BCUT2D eigenvalue weighted by Crippen LogP contribution is -2.46. The Labute approximate surface area is 194 Å². The van der Waals surface area contributed by atoms with E-state index in [9.17, 15) is 14.4 Å². The number of benzene rings is 1. The fraction of sp³-hybridized carbons (Fsp3) is 0.583. The number of rotatable bonds is 7. The smallest absolute Gasteiger partial charge is 0.246 e. The van der Waals surface area contributed by atoms with Crippen LogP contribution in [0.1, 0.15) is 32.1 Å². The number of amides is 1. The Bertz CT molecular complexity index is 839. The van der Waals surface area contributed by atoms with Crippen LogP contribution in [0.15, 0.2) is 46.6 Å². The Morgan fingerprint density at radius 2 is 1.84 bits per heavy atom. The van der Waals surface area contributed by atoms with E-state index in [1.165, 1.54) is 12.1 Å². The molecule has 174 valence electrons. The second kappa shape index (κ2) is 10.7. The molecule has 0 aromatic heterocycles. The molecule has 32 heavy (non-hydrogen) atoms. The summed E-state index contributed by atoms with van der Waals surface area (Å²) in [6.07, 6.45) is 9.09. The van der Waals surface area contributed by atoms with E-state index in [0.717, 1.165) is 56.8 Å². The van der Waals surface area contributed by atoms with Gasteiger partial charge in [-0.2, -0.15) is 0 Å². The Hall–Kier alpha value is -2.06. The quantitative estimate of drug-likeness (QED) is 0.382. The SMILES string of the molecule is CN1CC/C(=N/O)C2C=CN(CCCCN3CCC(Sc4ccc(F)cc4)CC3)C2C1=O. The second-order valence-corrected chi connectivity index (χ2v) is 10.3. The molecule has 6 nitrogen and oxygen atoms in total. The highest BCUT2D eigenvalue weighted by atomic mass is 32.2. The molecule has 8 heteroatoms. The number of thioether (sulfide) groups is 1. The van der Waals surface area contributed by atoms with Gasteiger partial charge in [-0.05, 0) is 75.8 Å². The van der Waals surface area contributed by atoms with E-state index in [-0.39, 0.29) is 23.7 Å². The van der Waals surface area contributed by atoms with Crippen LogP contribution in [0, 0.1) is 11.7 Å². The summed E-state index contributed by atoms with van der Waals surface area (Å²) in [5.41, 5.74) is 0.702. The van der Waals surface area contributed by atoms with Crippen LogP contribution < -0.4 is 0 Å². The predicted molar refractivity (Wildman–Crippen MR) is 126 cm³/mol. The first-order chi connectivity index (χ1) is 15.5. The number of fused-ring (bicyclic) bond motifs is 1. The van der Waals surface area contributed by atoms with Gasteiger partial charge in [0.2, 0.25) is 5.91 Å². The van der Waals surface area contributed by atoms with Crippen molar-refractivity contribution < 1.29 is 14.4 Å². The van der Waals surface area contributed by atoms with Crippen LogP contribution in [0.5, 0.6) is 0 Å². The van der Waals surface area contributed by atoms with Gasteiger partial charge < -0.3 is 19.9 Å². The maximum absolute atomic E-state index is 13.1. The first-order valence-electron chi connectivity index (χ1n) is 11.6. The van der Waals surface area contributed by atoms with E-state index in [0.29, 0.717) is 23.9 Å². The molecule has 1 aromatic rings. The summed E-state index contributed by atoms with van der Waals surface area (Å²) in [7, 11) is 1.83. The molecule has 2 unspecified atom stereocenters. The van der Waals surface area contributed by atoms with E-state index in [1.807, 2.05) is 43.2 Å². The number of piperidine rings is 1. The molecule has 0 spiro atoms. The fourth-order valence-corrected chi connectivity index (χ4v) is 6.02. The largest absolute Gasteiger partial charge is 0.411 e.